The molecule has 22 heavy (non-hydrogen) atoms. The van der Waals surface area contributed by atoms with Crippen LogP contribution in [0.15, 0.2) is 12.2 Å². The van der Waals surface area contributed by atoms with E-state index in [-0.39, 0.29) is 12.1 Å². The van der Waals surface area contributed by atoms with E-state index in [4.69, 9.17) is 4.74 Å². The molecule has 1 saturated carbocycles. The number of ether oxygens (including phenoxy) is 1. The van der Waals surface area contributed by atoms with Crippen LogP contribution >= 0.6 is 0 Å². The minimum absolute atomic E-state index is 0.0475. The predicted octanol–water partition coefficient (Wildman–Crippen LogP) is 2.51. The molecule has 0 radical (unpaired) electrons. The third kappa shape index (κ3) is 2.71. The first-order valence-corrected chi connectivity index (χ1v) is 8.84. The summed E-state index contributed by atoms with van der Waals surface area (Å²) in [6, 6.07) is 0.282. The maximum Gasteiger partial charge on any atom is 0.336 e. The van der Waals surface area contributed by atoms with Crippen LogP contribution < -0.4 is 0 Å². The standard InChI is InChI=1S/C18H29NO3/c1-3-8-18(9-4-5-10-18)16(20)17(21)22-15-13(2)19-11-6-14(15)7-12-19/h3,8,13-16,20H,4-7,9-12H2,1-2H3/b8-3-. The monoisotopic (exact) mass is 307 g/mol. The Balaban J connectivity index is 1.68. The zero-order valence-corrected chi connectivity index (χ0v) is 13.8. The molecule has 3 saturated heterocycles. The average Bonchev–Trinajstić information content (AvgIpc) is 3.00. The number of hydrogen-bond acceptors (Lipinski definition) is 4. The van der Waals surface area contributed by atoms with Gasteiger partial charge in [-0.3, -0.25) is 4.90 Å². The van der Waals surface area contributed by atoms with Gasteiger partial charge in [0.05, 0.1) is 0 Å². The highest BCUT2D eigenvalue weighted by Gasteiger charge is 2.47. The fourth-order valence-corrected chi connectivity index (χ4v) is 4.78. The highest BCUT2D eigenvalue weighted by Crippen LogP contribution is 2.43. The van der Waals surface area contributed by atoms with Crippen LogP contribution in [0, 0.1) is 11.3 Å². The molecule has 0 aromatic rings. The maximum atomic E-state index is 12.6. The molecule has 0 aromatic heterocycles. The van der Waals surface area contributed by atoms with Gasteiger partial charge in [0.1, 0.15) is 6.10 Å². The lowest BCUT2D eigenvalue weighted by atomic mass is 9.79. The number of nitrogens with zero attached hydrogens (tertiary/aromatic N) is 1. The maximum absolute atomic E-state index is 12.6. The van der Waals surface area contributed by atoms with Crippen LogP contribution in [0.2, 0.25) is 0 Å². The van der Waals surface area contributed by atoms with E-state index in [1.54, 1.807) is 0 Å². The van der Waals surface area contributed by atoms with Crippen LogP contribution in [0.4, 0.5) is 0 Å². The predicted molar refractivity (Wildman–Crippen MR) is 85.4 cm³/mol. The first-order chi connectivity index (χ1) is 10.6. The minimum atomic E-state index is -1.02. The number of rotatable bonds is 4. The zero-order chi connectivity index (χ0) is 15.7. The second-order valence-corrected chi connectivity index (χ2v) is 7.36. The van der Waals surface area contributed by atoms with Crippen LogP contribution in [-0.4, -0.2) is 47.3 Å². The highest BCUT2D eigenvalue weighted by atomic mass is 16.6. The van der Waals surface area contributed by atoms with Crippen molar-refractivity contribution >= 4 is 5.97 Å². The topological polar surface area (TPSA) is 49.8 Å². The highest BCUT2D eigenvalue weighted by molar-refractivity contribution is 5.76. The number of esters is 1. The Kier molecular flexibility index (Phi) is 4.60. The molecule has 0 aromatic carbocycles. The van der Waals surface area contributed by atoms with Crippen LogP contribution in [0.3, 0.4) is 0 Å². The van der Waals surface area contributed by atoms with Gasteiger partial charge in [0.2, 0.25) is 0 Å². The molecule has 4 heteroatoms. The van der Waals surface area contributed by atoms with Crippen molar-refractivity contribution < 1.29 is 14.6 Å². The molecule has 124 valence electrons. The van der Waals surface area contributed by atoms with Crippen molar-refractivity contribution in [3.05, 3.63) is 12.2 Å². The van der Waals surface area contributed by atoms with Gasteiger partial charge in [0.15, 0.2) is 6.10 Å². The molecule has 4 rings (SSSR count). The summed E-state index contributed by atoms with van der Waals surface area (Å²) in [5.74, 6) is 0.0583. The number of piperidine rings is 3. The molecule has 4 fully saturated rings. The van der Waals surface area contributed by atoms with Crippen LogP contribution in [0.5, 0.6) is 0 Å². The van der Waals surface area contributed by atoms with Gasteiger partial charge in [-0.15, -0.1) is 0 Å². The van der Waals surface area contributed by atoms with E-state index in [9.17, 15) is 9.90 Å². The van der Waals surface area contributed by atoms with Crippen molar-refractivity contribution in [3.8, 4) is 0 Å². The van der Waals surface area contributed by atoms with E-state index in [0.717, 1.165) is 51.6 Å². The molecule has 1 aliphatic carbocycles. The number of carbonyl (C=O) groups excluding carboxylic acids is 1. The summed E-state index contributed by atoms with van der Waals surface area (Å²) in [4.78, 5) is 15.0. The number of allylic oxidation sites excluding steroid dienone is 1. The lowest BCUT2D eigenvalue weighted by Gasteiger charge is -2.49. The quantitative estimate of drug-likeness (QED) is 0.640. The van der Waals surface area contributed by atoms with E-state index in [1.807, 2.05) is 19.1 Å². The van der Waals surface area contributed by atoms with Gasteiger partial charge in [-0.1, -0.05) is 25.0 Å². The summed E-state index contributed by atoms with van der Waals surface area (Å²) in [6.45, 7) is 6.33. The van der Waals surface area contributed by atoms with Gasteiger partial charge >= 0.3 is 5.97 Å². The average molecular weight is 307 g/mol. The van der Waals surface area contributed by atoms with E-state index >= 15 is 0 Å². The number of fused-ring (bicyclic) bond motifs is 3. The third-order valence-electron chi connectivity index (χ3n) is 6.14. The summed E-state index contributed by atoms with van der Waals surface area (Å²) in [5, 5.41) is 10.6. The van der Waals surface area contributed by atoms with E-state index in [0.29, 0.717) is 5.92 Å². The van der Waals surface area contributed by atoms with Crippen molar-refractivity contribution in [1.82, 2.24) is 4.90 Å². The Morgan fingerprint density at radius 3 is 2.50 bits per heavy atom. The number of hydrogen-bond donors (Lipinski definition) is 1. The molecule has 3 aliphatic heterocycles. The number of aliphatic hydroxyl groups is 1. The van der Waals surface area contributed by atoms with Gasteiger partial charge in [-0.25, -0.2) is 4.79 Å². The van der Waals surface area contributed by atoms with Crippen LogP contribution in [0.1, 0.15) is 52.4 Å². The minimum Gasteiger partial charge on any atom is -0.458 e. The van der Waals surface area contributed by atoms with Crippen molar-refractivity contribution in [1.29, 1.82) is 0 Å². The smallest absolute Gasteiger partial charge is 0.336 e. The Labute approximate surface area is 133 Å². The lowest BCUT2D eigenvalue weighted by Crippen LogP contribution is -2.58. The Hall–Kier alpha value is -0.870. The molecule has 1 N–H and O–H groups in total. The van der Waals surface area contributed by atoms with Gasteiger partial charge in [-0.05, 0) is 58.5 Å². The third-order valence-corrected chi connectivity index (χ3v) is 6.14. The summed E-state index contributed by atoms with van der Waals surface area (Å²) in [7, 11) is 0. The van der Waals surface area contributed by atoms with E-state index < -0.39 is 17.5 Å². The second kappa shape index (κ2) is 6.32. The molecule has 0 amide bonds. The lowest BCUT2D eigenvalue weighted by molar-refractivity contribution is -0.179. The fraction of sp³-hybridized carbons (Fsp3) is 0.833. The Bertz CT molecular complexity index is 432. The molecule has 3 unspecified atom stereocenters. The molecular formula is C18H29NO3. The second-order valence-electron chi connectivity index (χ2n) is 7.36. The molecule has 4 nitrogen and oxygen atoms in total. The summed E-state index contributed by atoms with van der Waals surface area (Å²) in [5.41, 5.74) is -0.400. The summed E-state index contributed by atoms with van der Waals surface area (Å²) >= 11 is 0. The van der Waals surface area contributed by atoms with E-state index in [2.05, 4.69) is 11.8 Å². The fourth-order valence-electron chi connectivity index (χ4n) is 4.78. The molecule has 3 heterocycles. The van der Waals surface area contributed by atoms with Crippen molar-refractivity contribution in [2.45, 2.75) is 70.6 Å². The van der Waals surface area contributed by atoms with Gasteiger partial charge in [0.25, 0.3) is 0 Å². The van der Waals surface area contributed by atoms with E-state index in [1.165, 1.54) is 0 Å². The van der Waals surface area contributed by atoms with Crippen molar-refractivity contribution in [3.63, 3.8) is 0 Å². The molecule has 4 aliphatic rings. The number of carbonyl (C=O) groups is 1. The summed E-state index contributed by atoms with van der Waals surface area (Å²) in [6.07, 6.45) is 9.03. The van der Waals surface area contributed by atoms with Gasteiger partial charge in [-0.2, -0.15) is 0 Å². The van der Waals surface area contributed by atoms with Crippen LogP contribution in [0.25, 0.3) is 0 Å². The van der Waals surface area contributed by atoms with Crippen molar-refractivity contribution in [2.75, 3.05) is 13.1 Å². The normalized spacial score (nSPS) is 38.3. The molecule has 2 bridgehead atoms. The summed E-state index contributed by atoms with van der Waals surface area (Å²) < 4.78 is 5.82. The Morgan fingerprint density at radius 1 is 1.32 bits per heavy atom. The van der Waals surface area contributed by atoms with Gasteiger partial charge < -0.3 is 9.84 Å². The first-order valence-electron chi connectivity index (χ1n) is 8.84. The largest absolute Gasteiger partial charge is 0.458 e. The van der Waals surface area contributed by atoms with Gasteiger partial charge in [0, 0.05) is 11.5 Å². The molecular weight excluding hydrogens is 278 g/mol. The van der Waals surface area contributed by atoms with Crippen molar-refractivity contribution in [2.24, 2.45) is 11.3 Å². The zero-order valence-electron chi connectivity index (χ0n) is 13.8. The SMILES string of the molecule is C/C=C\C1(C(O)C(=O)OC2C3CCN(CC3)C2C)CCCC1. The Morgan fingerprint density at radius 2 is 1.95 bits per heavy atom. The molecule has 0 spiro atoms. The first kappa shape index (κ1) is 16.0. The van der Waals surface area contributed by atoms with Crippen LogP contribution in [-0.2, 0) is 9.53 Å². The molecule has 3 atom stereocenters. The number of aliphatic hydroxyl groups excluding tert-OH is 1.